The molecular formula is C19H18ClN3O2. The van der Waals surface area contributed by atoms with Crippen LogP contribution in [0.15, 0.2) is 48.5 Å². The number of H-pyrrole nitrogens is 1. The lowest BCUT2D eigenvalue weighted by molar-refractivity contribution is -0.134. The minimum Gasteiger partial charge on any atom is -0.484 e. The Labute approximate surface area is 150 Å². The molecule has 0 radical (unpaired) electrons. The summed E-state index contributed by atoms with van der Waals surface area (Å²) in [5, 5.41) is 0.589. The van der Waals surface area contributed by atoms with Crippen LogP contribution < -0.4 is 4.74 Å². The number of aromatic nitrogens is 2. The lowest BCUT2D eigenvalue weighted by Gasteiger charge is -2.23. The number of carbonyl (C=O) groups excluding carboxylic acids is 1. The first-order valence-corrected chi connectivity index (χ1v) is 8.71. The molecule has 1 saturated heterocycles. The van der Waals surface area contributed by atoms with E-state index in [-0.39, 0.29) is 18.6 Å². The second-order valence-corrected chi connectivity index (χ2v) is 6.57. The van der Waals surface area contributed by atoms with Crippen LogP contribution in [-0.4, -0.2) is 33.9 Å². The Morgan fingerprint density at radius 2 is 2.16 bits per heavy atom. The van der Waals surface area contributed by atoms with E-state index in [1.165, 1.54) is 0 Å². The molecule has 25 heavy (non-hydrogen) atoms. The van der Waals surface area contributed by atoms with Crippen LogP contribution in [0.1, 0.15) is 24.7 Å². The molecule has 2 heterocycles. The van der Waals surface area contributed by atoms with Gasteiger partial charge in [0.2, 0.25) is 0 Å². The zero-order valence-electron chi connectivity index (χ0n) is 13.6. The van der Waals surface area contributed by atoms with E-state index >= 15 is 0 Å². The first kappa shape index (κ1) is 16.0. The number of ether oxygens (including phenoxy) is 1. The lowest BCUT2D eigenvalue weighted by Crippen LogP contribution is -2.34. The quantitative estimate of drug-likeness (QED) is 0.770. The Morgan fingerprint density at radius 3 is 3.00 bits per heavy atom. The van der Waals surface area contributed by atoms with E-state index in [0.29, 0.717) is 10.8 Å². The van der Waals surface area contributed by atoms with Gasteiger partial charge >= 0.3 is 0 Å². The van der Waals surface area contributed by atoms with Crippen LogP contribution in [0.4, 0.5) is 0 Å². The van der Waals surface area contributed by atoms with Gasteiger partial charge in [-0.25, -0.2) is 4.98 Å². The molecule has 1 aromatic heterocycles. The number of hydrogen-bond acceptors (Lipinski definition) is 3. The van der Waals surface area contributed by atoms with E-state index in [4.69, 9.17) is 16.3 Å². The minimum absolute atomic E-state index is 0.00291. The number of nitrogens with zero attached hydrogens (tertiary/aromatic N) is 2. The fraction of sp³-hybridized carbons (Fsp3) is 0.263. The molecule has 1 fully saturated rings. The smallest absolute Gasteiger partial charge is 0.261 e. The molecular weight excluding hydrogens is 338 g/mol. The van der Waals surface area contributed by atoms with Crippen molar-refractivity contribution in [1.82, 2.24) is 14.9 Å². The maximum absolute atomic E-state index is 12.6. The number of benzene rings is 2. The highest BCUT2D eigenvalue weighted by molar-refractivity contribution is 6.30. The van der Waals surface area contributed by atoms with Gasteiger partial charge in [0.25, 0.3) is 5.91 Å². The summed E-state index contributed by atoms with van der Waals surface area (Å²) in [5.41, 5.74) is 1.92. The molecule has 0 aliphatic carbocycles. The molecule has 2 aromatic carbocycles. The van der Waals surface area contributed by atoms with Crippen molar-refractivity contribution < 1.29 is 9.53 Å². The highest BCUT2D eigenvalue weighted by Gasteiger charge is 2.32. The van der Waals surface area contributed by atoms with Crippen molar-refractivity contribution in [2.45, 2.75) is 18.9 Å². The van der Waals surface area contributed by atoms with Crippen molar-refractivity contribution in [3.8, 4) is 5.75 Å². The van der Waals surface area contributed by atoms with Gasteiger partial charge in [0.15, 0.2) is 6.61 Å². The molecule has 0 bridgehead atoms. The van der Waals surface area contributed by atoms with Crippen LogP contribution in [0.5, 0.6) is 5.75 Å². The summed E-state index contributed by atoms with van der Waals surface area (Å²) in [4.78, 5) is 22.5. The average molecular weight is 356 g/mol. The minimum atomic E-state index is -0.0390. The van der Waals surface area contributed by atoms with E-state index in [1.54, 1.807) is 24.3 Å². The summed E-state index contributed by atoms with van der Waals surface area (Å²) < 4.78 is 5.60. The summed E-state index contributed by atoms with van der Waals surface area (Å²) in [6.45, 7) is 0.719. The van der Waals surface area contributed by atoms with Crippen molar-refractivity contribution in [2.24, 2.45) is 0 Å². The van der Waals surface area contributed by atoms with Gasteiger partial charge in [-0.15, -0.1) is 0 Å². The first-order chi connectivity index (χ1) is 12.2. The van der Waals surface area contributed by atoms with Crippen LogP contribution in [0.3, 0.4) is 0 Å². The topological polar surface area (TPSA) is 58.2 Å². The largest absolute Gasteiger partial charge is 0.484 e. The monoisotopic (exact) mass is 355 g/mol. The van der Waals surface area contributed by atoms with Gasteiger partial charge in [-0.05, 0) is 43.2 Å². The van der Waals surface area contributed by atoms with Gasteiger partial charge < -0.3 is 14.6 Å². The van der Waals surface area contributed by atoms with Crippen LogP contribution in [0.25, 0.3) is 11.0 Å². The highest BCUT2D eigenvalue weighted by atomic mass is 35.5. The van der Waals surface area contributed by atoms with E-state index in [0.717, 1.165) is 36.2 Å². The predicted molar refractivity (Wildman–Crippen MR) is 96.7 cm³/mol. The second-order valence-electron chi connectivity index (χ2n) is 6.13. The van der Waals surface area contributed by atoms with Gasteiger partial charge in [0.1, 0.15) is 11.6 Å². The van der Waals surface area contributed by atoms with Crippen LogP contribution in [-0.2, 0) is 4.79 Å². The molecule has 1 aliphatic heterocycles. The molecule has 1 amide bonds. The van der Waals surface area contributed by atoms with Crippen molar-refractivity contribution >= 4 is 28.5 Å². The average Bonchev–Trinajstić information content (AvgIpc) is 3.26. The molecule has 0 spiro atoms. The number of amides is 1. The van der Waals surface area contributed by atoms with Gasteiger partial charge in [0, 0.05) is 11.6 Å². The van der Waals surface area contributed by atoms with Gasteiger partial charge in [-0.1, -0.05) is 29.8 Å². The number of nitrogens with one attached hydrogen (secondary N) is 1. The van der Waals surface area contributed by atoms with Gasteiger partial charge in [-0.2, -0.15) is 0 Å². The standard InChI is InChI=1S/C19H18ClN3O2/c20-13-5-3-6-14(11-13)25-12-18(24)23-10-4-9-17(23)19-21-15-7-1-2-8-16(15)22-19/h1-3,5-8,11,17H,4,9-10,12H2,(H,21,22)/t17-/m1/s1. The summed E-state index contributed by atoms with van der Waals surface area (Å²) in [5.74, 6) is 1.40. The van der Waals surface area contributed by atoms with Crippen LogP contribution in [0.2, 0.25) is 5.02 Å². The Kier molecular flexibility index (Phi) is 4.32. The third kappa shape index (κ3) is 3.33. The number of aromatic amines is 1. The molecule has 128 valence electrons. The maximum Gasteiger partial charge on any atom is 0.261 e. The molecule has 1 N–H and O–H groups in total. The molecule has 0 unspecified atom stereocenters. The Morgan fingerprint density at radius 1 is 1.28 bits per heavy atom. The molecule has 1 atom stereocenters. The summed E-state index contributed by atoms with van der Waals surface area (Å²) >= 11 is 5.94. The zero-order chi connectivity index (χ0) is 17.2. The number of halogens is 1. The molecule has 5 nitrogen and oxygen atoms in total. The van der Waals surface area contributed by atoms with Crippen molar-refractivity contribution in [3.05, 3.63) is 59.4 Å². The fourth-order valence-electron chi connectivity index (χ4n) is 3.26. The van der Waals surface area contributed by atoms with E-state index in [2.05, 4.69) is 9.97 Å². The van der Waals surface area contributed by atoms with Crippen LogP contribution in [0, 0.1) is 0 Å². The Balaban J connectivity index is 1.47. The van der Waals surface area contributed by atoms with Crippen molar-refractivity contribution in [1.29, 1.82) is 0 Å². The predicted octanol–water partition coefficient (Wildman–Crippen LogP) is 3.96. The van der Waals surface area contributed by atoms with E-state index < -0.39 is 0 Å². The molecule has 0 saturated carbocycles. The lowest BCUT2D eigenvalue weighted by atomic mass is 10.2. The Bertz CT molecular complexity index is 875. The third-order valence-electron chi connectivity index (χ3n) is 4.45. The zero-order valence-corrected chi connectivity index (χ0v) is 14.4. The van der Waals surface area contributed by atoms with Gasteiger partial charge in [0.05, 0.1) is 17.1 Å². The number of para-hydroxylation sites is 2. The van der Waals surface area contributed by atoms with E-state index in [9.17, 15) is 4.79 Å². The summed E-state index contributed by atoms with van der Waals surface area (Å²) in [6, 6.07) is 14.9. The number of fused-ring (bicyclic) bond motifs is 1. The van der Waals surface area contributed by atoms with E-state index in [1.807, 2.05) is 29.2 Å². The molecule has 1 aliphatic rings. The second kappa shape index (κ2) is 6.76. The number of imidazole rings is 1. The molecule has 6 heteroatoms. The Hall–Kier alpha value is -2.53. The first-order valence-electron chi connectivity index (χ1n) is 8.33. The fourth-order valence-corrected chi connectivity index (χ4v) is 3.44. The van der Waals surface area contributed by atoms with Gasteiger partial charge in [-0.3, -0.25) is 4.79 Å². The highest BCUT2D eigenvalue weighted by Crippen LogP contribution is 2.31. The van der Waals surface area contributed by atoms with Crippen LogP contribution >= 0.6 is 11.6 Å². The number of hydrogen-bond donors (Lipinski definition) is 1. The summed E-state index contributed by atoms with van der Waals surface area (Å²) in [7, 11) is 0. The SMILES string of the molecule is O=C(COc1cccc(Cl)c1)N1CCC[C@@H]1c1nc2ccccc2[nH]1. The summed E-state index contributed by atoms with van der Waals surface area (Å²) in [6.07, 6.45) is 1.87. The maximum atomic E-state index is 12.6. The normalized spacial score (nSPS) is 17.2. The number of carbonyl (C=O) groups is 1. The van der Waals surface area contributed by atoms with Crippen molar-refractivity contribution in [2.75, 3.05) is 13.2 Å². The van der Waals surface area contributed by atoms with Crippen molar-refractivity contribution in [3.63, 3.8) is 0 Å². The number of likely N-dealkylation sites (tertiary alicyclic amines) is 1. The molecule has 4 rings (SSSR count). The third-order valence-corrected chi connectivity index (χ3v) is 4.69. The number of rotatable bonds is 4. The molecule has 3 aromatic rings.